The summed E-state index contributed by atoms with van der Waals surface area (Å²) in [6, 6.07) is 4.13. The van der Waals surface area contributed by atoms with E-state index in [9.17, 15) is 0 Å². The Balaban J connectivity index is 1.87. The van der Waals surface area contributed by atoms with Gasteiger partial charge in [-0.3, -0.25) is 0 Å². The van der Waals surface area contributed by atoms with E-state index < -0.39 is 0 Å². The van der Waals surface area contributed by atoms with E-state index in [-0.39, 0.29) is 0 Å². The van der Waals surface area contributed by atoms with E-state index in [0.29, 0.717) is 0 Å². The molecule has 0 bridgehead atoms. The number of rotatable bonds is 3. The van der Waals surface area contributed by atoms with Crippen LogP contribution in [0.15, 0.2) is 39.1 Å². The number of hydrogen-bond donors (Lipinski definition) is 1. The first-order valence-electron chi connectivity index (χ1n) is 5.20. The molecule has 0 aromatic carbocycles. The molecule has 0 saturated heterocycles. The van der Waals surface area contributed by atoms with E-state index in [1.54, 1.807) is 17.5 Å². The summed E-state index contributed by atoms with van der Waals surface area (Å²) in [5.41, 5.74) is 0.828. The van der Waals surface area contributed by atoms with Crippen LogP contribution in [0.2, 0.25) is 0 Å². The number of nitrogens with zero attached hydrogens (tertiary/aromatic N) is 3. The summed E-state index contributed by atoms with van der Waals surface area (Å²) in [6.45, 7) is 0.738. The van der Waals surface area contributed by atoms with Gasteiger partial charge in [0.2, 0.25) is 0 Å². The molecule has 0 atom stereocenters. The van der Waals surface area contributed by atoms with E-state index >= 15 is 0 Å². The van der Waals surface area contributed by atoms with Gasteiger partial charge in [-0.1, -0.05) is 0 Å². The van der Waals surface area contributed by atoms with E-state index in [4.69, 9.17) is 0 Å². The minimum atomic E-state index is 0.738. The highest BCUT2D eigenvalue weighted by Crippen LogP contribution is 2.23. The fourth-order valence-electron chi connectivity index (χ4n) is 1.64. The van der Waals surface area contributed by atoms with Crippen molar-refractivity contribution in [1.82, 2.24) is 14.4 Å². The van der Waals surface area contributed by atoms with Crippen LogP contribution in [0.4, 0.5) is 5.82 Å². The van der Waals surface area contributed by atoms with Gasteiger partial charge in [-0.25, -0.2) is 9.97 Å². The molecule has 3 aromatic rings. The Morgan fingerprint density at radius 1 is 1.33 bits per heavy atom. The first-order chi connectivity index (χ1) is 8.72. The Kier molecular flexibility index (Phi) is 3.36. The minimum Gasteiger partial charge on any atom is -0.362 e. The van der Waals surface area contributed by atoms with Gasteiger partial charge in [0.25, 0.3) is 0 Å². The lowest BCUT2D eigenvalue weighted by Gasteiger charge is -2.06. The Bertz CT molecular complexity index is 691. The van der Waals surface area contributed by atoms with Crippen molar-refractivity contribution < 1.29 is 0 Å². The highest BCUT2D eigenvalue weighted by molar-refractivity contribution is 9.11. The molecule has 3 aromatic heterocycles. The second-order valence-electron chi connectivity index (χ2n) is 3.63. The lowest BCUT2D eigenvalue weighted by molar-refractivity contribution is 1.06. The lowest BCUT2D eigenvalue weighted by Crippen LogP contribution is -2.03. The molecule has 0 aliphatic heterocycles. The van der Waals surface area contributed by atoms with Crippen LogP contribution in [0, 0.1) is 0 Å². The number of aromatic nitrogens is 3. The van der Waals surface area contributed by atoms with E-state index in [2.05, 4.69) is 53.2 Å². The van der Waals surface area contributed by atoms with Crippen LogP contribution in [-0.4, -0.2) is 14.4 Å². The maximum atomic E-state index is 4.41. The highest BCUT2D eigenvalue weighted by atomic mass is 79.9. The van der Waals surface area contributed by atoms with Gasteiger partial charge in [0.05, 0.1) is 10.3 Å². The standard InChI is InChI=1S/C11H8Br2N4S/c12-8-6-17-4-3-14-11(17)10(16-8)15-5-7-1-2-9(13)18-7/h1-4,6H,5H2,(H,15,16). The summed E-state index contributed by atoms with van der Waals surface area (Å²) < 4.78 is 3.85. The van der Waals surface area contributed by atoms with Gasteiger partial charge in [-0.05, 0) is 44.0 Å². The molecule has 1 N–H and O–H groups in total. The Labute approximate surface area is 124 Å². The van der Waals surface area contributed by atoms with Crippen molar-refractivity contribution in [2.45, 2.75) is 6.54 Å². The lowest BCUT2D eigenvalue weighted by atomic mass is 10.4. The van der Waals surface area contributed by atoms with Crippen molar-refractivity contribution in [3.63, 3.8) is 0 Å². The van der Waals surface area contributed by atoms with E-state index in [1.165, 1.54) is 4.88 Å². The summed E-state index contributed by atoms with van der Waals surface area (Å²) in [6.07, 6.45) is 5.54. The molecule has 0 radical (unpaired) electrons. The monoisotopic (exact) mass is 386 g/mol. The van der Waals surface area contributed by atoms with E-state index in [1.807, 2.05) is 22.9 Å². The van der Waals surface area contributed by atoms with Crippen LogP contribution in [0.3, 0.4) is 0 Å². The Morgan fingerprint density at radius 3 is 3.00 bits per heavy atom. The van der Waals surface area contributed by atoms with Gasteiger partial charge in [0.1, 0.15) is 4.60 Å². The van der Waals surface area contributed by atoms with Crippen molar-refractivity contribution in [3.8, 4) is 0 Å². The Hall–Kier alpha value is -0.920. The smallest absolute Gasteiger partial charge is 0.180 e. The van der Waals surface area contributed by atoms with Crippen molar-refractivity contribution in [3.05, 3.63) is 44.0 Å². The van der Waals surface area contributed by atoms with Gasteiger partial charge in [0, 0.05) is 23.5 Å². The Morgan fingerprint density at radius 2 is 2.22 bits per heavy atom. The van der Waals surface area contributed by atoms with Crippen LogP contribution in [0.5, 0.6) is 0 Å². The molecule has 92 valence electrons. The predicted molar refractivity (Wildman–Crippen MR) is 80.0 cm³/mol. The molecule has 0 saturated carbocycles. The van der Waals surface area contributed by atoms with Crippen LogP contribution >= 0.6 is 43.2 Å². The summed E-state index contributed by atoms with van der Waals surface area (Å²) in [7, 11) is 0. The van der Waals surface area contributed by atoms with Crippen LogP contribution in [-0.2, 0) is 6.54 Å². The zero-order chi connectivity index (χ0) is 12.5. The molecular weight excluding hydrogens is 380 g/mol. The van der Waals surface area contributed by atoms with Crippen molar-refractivity contribution >= 4 is 54.7 Å². The number of nitrogens with one attached hydrogen (secondary N) is 1. The number of hydrogen-bond acceptors (Lipinski definition) is 4. The molecule has 3 rings (SSSR count). The summed E-state index contributed by atoms with van der Waals surface area (Å²) in [5.74, 6) is 0.777. The first kappa shape index (κ1) is 12.1. The largest absolute Gasteiger partial charge is 0.362 e. The molecule has 0 amide bonds. The number of fused-ring (bicyclic) bond motifs is 1. The normalized spacial score (nSPS) is 11.0. The van der Waals surface area contributed by atoms with Crippen molar-refractivity contribution in [2.75, 3.05) is 5.32 Å². The van der Waals surface area contributed by atoms with E-state index in [0.717, 1.165) is 26.4 Å². The SMILES string of the molecule is Brc1cn2ccnc2c(NCc2ccc(Br)s2)n1. The third-order valence-corrected chi connectivity index (χ3v) is 4.41. The molecule has 0 aliphatic carbocycles. The summed E-state index contributed by atoms with van der Waals surface area (Å²) >= 11 is 8.55. The zero-order valence-corrected chi connectivity index (χ0v) is 13.1. The van der Waals surface area contributed by atoms with Gasteiger partial charge >= 0.3 is 0 Å². The topological polar surface area (TPSA) is 42.2 Å². The number of imidazole rings is 1. The van der Waals surface area contributed by atoms with Gasteiger partial charge in [-0.2, -0.15) is 0 Å². The molecule has 0 spiro atoms. The second-order valence-corrected chi connectivity index (χ2v) is 6.99. The summed E-state index contributed by atoms with van der Waals surface area (Å²) in [5, 5.41) is 3.31. The van der Waals surface area contributed by atoms with Crippen LogP contribution < -0.4 is 5.32 Å². The fraction of sp³-hybridized carbons (Fsp3) is 0.0909. The molecule has 0 unspecified atom stereocenters. The zero-order valence-electron chi connectivity index (χ0n) is 9.10. The number of halogens is 2. The molecule has 7 heteroatoms. The molecule has 3 heterocycles. The van der Waals surface area contributed by atoms with Crippen molar-refractivity contribution in [2.24, 2.45) is 0 Å². The minimum absolute atomic E-state index is 0.738. The predicted octanol–water partition coefficient (Wildman–Crippen LogP) is 3.93. The quantitative estimate of drug-likeness (QED) is 0.740. The van der Waals surface area contributed by atoms with Gasteiger partial charge < -0.3 is 9.72 Å². The molecule has 0 fully saturated rings. The third-order valence-electron chi connectivity index (χ3n) is 2.40. The highest BCUT2D eigenvalue weighted by Gasteiger charge is 2.06. The molecule has 0 aliphatic rings. The first-order valence-corrected chi connectivity index (χ1v) is 7.60. The fourth-order valence-corrected chi connectivity index (χ4v) is 3.46. The number of thiophene rings is 1. The average Bonchev–Trinajstić information content (AvgIpc) is 2.94. The van der Waals surface area contributed by atoms with Gasteiger partial charge in [0.15, 0.2) is 11.5 Å². The molecule has 18 heavy (non-hydrogen) atoms. The maximum absolute atomic E-state index is 4.41. The molecule has 4 nitrogen and oxygen atoms in total. The number of anilines is 1. The average molecular weight is 388 g/mol. The maximum Gasteiger partial charge on any atom is 0.180 e. The molecular formula is C11H8Br2N4S. The van der Waals surface area contributed by atoms with Crippen molar-refractivity contribution in [1.29, 1.82) is 0 Å². The van der Waals surface area contributed by atoms with Gasteiger partial charge in [-0.15, -0.1) is 11.3 Å². The van der Waals surface area contributed by atoms with Crippen LogP contribution in [0.1, 0.15) is 4.88 Å². The summed E-state index contributed by atoms with van der Waals surface area (Å²) in [4.78, 5) is 9.94. The van der Waals surface area contributed by atoms with Crippen LogP contribution in [0.25, 0.3) is 5.65 Å². The second kappa shape index (κ2) is 4.99. The third kappa shape index (κ3) is 2.43.